The van der Waals surface area contributed by atoms with Gasteiger partial charge in [0, 0.05) is 45.5 Å². The van der Waals surface area contributed by atoms with E-state index in [9.17, 15) is 4.79 Å². The molecule has 0 bridgehead atoms. The summed E-state index contributed by atoms with van der Waals surface area (Å²) >= 11 is 0. The fourth-order valence-corrected chi connectivity index (χ4v) is 1.60. The molecule has 1 aromatic rings. The Morgan fingerprint density at radius 2 is 2.50 bits per heavy atom. The van der Waals surface area contributed by atoms with Crippen LogP contribution in [0.2, 0.25) is 0 Å². The SMILES string of the molecule is Cn1ccnc1CCN1CCNC1=O. The summed E-state index contributed by atoms with van der Waals surface area (Å²) in [7, 11) is 1.96. The van der Waals surface area contributed by atoms with Crippen molar-refractivity contribution >= 4 is 6.03 Å². The Kier molecular flexibility index (Phi) is 2.39. The van der Waals surface area contributed by atoms with E-state index in [0.29, 0.717) is 0 Å². The Morgan fingerprint density at radius 3 is 3.07 bits per heavy atom. The molecular weight excluding hydrogens is 180 g/mol. The number of aromatic nitrogens is 2. The molecule has 5 nitrogen and oxygen atoms in total. The third-order valence-electron chi connectivity index (χ3n) is 2.47. The van der Waals surface area contributed by atoms with E-state index in [1.807, 2.05) is 22.7 Å². The average Bonchev–Trinajstić information content (AvgIpc) is 2.72. The molecule has 1 fully saturated rings. The Hall–Kier alpha value is -1.52. The molecule has 0 aromatic carbocycles. The number of carbonyl (C=O) groups excluding carboxylic acids is 1. The second-order valence-electron chi connectivity index (χ2n) is 3.42. The van der Waals surface area contributed by atoms with Gasteiger partial charge in [-0.15, -0.1) is 0 Å². The van der Waals surface area contributed by atoms with Crippen molar-refractivity contribution in [2.75, 3.05) is 19.6 Å². The van der Waals surface area contributed by atoms with E-state index in [1.54, 1.807) is 6.20 Å². The summed E-state index contributed by atoms with van der Waals surface area (Å²) in [6.45, 7) is 2.32. The number of rotatable bonds is 3. The first-order valence-corrected chi connectivity index (χ1v) is 4.76. The van der Waals surface area contributed by atoms with Crippen LogP contribution < -0.4 is 5.32 Å². The van der Waals surface area contributed by atoms with Gasteiger partial charge in [0.25, 0.3) is 0 Å². The quantitative estimate of drug-likeness (QED) is 0.735. The van der Waals surface area contributed by atoms with Crippen LogP contribution in [-0.2, 0) is 13.5 Å². The zero-order chi connectivity index (χ0) is 9.97. The van der Waals surface area contributed by atoms with Crippen LogP contribution in [0.1, 0.15) is 5.82 Å². The fourth-order valence-electron chi connectivity index (χ4n) is 1.60. The highest BCUT2D eigenvalue weighted by Gasteiger charge is 2.18. The highest BCUT2D eigenvalue weighted by atomic mass is 16.2. The maximum absolute atomic E-state index is 11.2. The van der Waals surface area contributed by atoms with E-state index in [0.717, 1.165) is 31.9 Å². The highest BCUT2D eigenvalue weighted by Crippen LogP contribution is 2.01. The minimum absolute atomic E-state index is 0.0409. The summed E-state index contributed by atoms with van der Waals surface area (Å²) in [5.74, 6) is 1.02. The van der Waals surface area contributed by atoms with Crippen molar-refractivity contribution in [3.05, 3.63) is 18.2 Å². The topological polar surface area (TPSA) is 50.2 Å². The third kappa shape index (κ3) is 1.71. The van der Waals surface area contributed by atoms with Crippen LogP contribution in [0.5, 0.6) is 0 Å². The summed E-state index contributed by atoms with van der Waals surface area (Å²) in [4.78, 5) is 17.2. The standard InChI is InChI=1S/C9H14N4O/c1-12-6-3-10-8(12)2-5-13-7-4-11-9(13)14/h3,6H,2,4-5,7H2,1H3,(H,11,14). The summed E-state index contributed by atoms with van der Waals surface area (Å²) in [6.07, 6.45) is 4.51. The number of aryl methyl sites for hydroxylation is 1. The predicted octanol–water partition coefficient (Wildman–Crippen LogP) is -0.0122. The van der Waals surface area contributed by atoms with Crippen molar-refractivity contribution in [1.82, 2.24) is 19.8 Å². The Balaban J connectivity index is 1.88. The number of hydrogen-bond acceptors (Lipinski definition) is 2. The molecule has 2 rings (SSSR count). The minimum Gasteiger partial charge on any atom is -0.338 e. The molecule has 0 unspecified atom stereocenters. The van der Waals surface area contributed by atoms with Crippen LogP contribution in [-0.4, -0.2) is 40.1 Å². The fraction of sp³-hybridized carbons (Fsp3) is 0.556. The van der Waals surface area contributed by atoms with Crippen molar-refractivity contribution in [2.45, 2.75) is 6.42 Å². The van der Waals surface area contributed by atoms with Gasteiger partial charge in [0.15, 0.2) is 0 Å². The number of nitrogens with one attached hydrogen (secondary N) is 1. The van der Waals surface area contributed by atoms with E-state index in [4.69, 9.17) is 0 Å². The zero-order valence-electron chi connectivity index (χ0n) is 8.23. The minimum atomic E-state index is 0.0409. The van der Waals surface area contributed by atoms with Gasteiger partial charge < -0.3 is 14.8 Å². The lowest BCUT2D eigenvalue weighted by atomic mass is 10.3. The van der Waals surface area contributed by atoms with Crippen LogP contribution in [0.4, 0.5) is 4.79 Å². The molecule has 2 amide bonds. The molecule has 1 aliphatic heterocycles. The predicted molar refractivity (Wildman–Crippen MR) is 51.9 cm³/mol. The van der Waals surface area contributed by atoms with E-state index >= 15 is 0 Å². The zero-order valence-corrected chi connectivity index (χ0v) is 8.23. The van der Waals surface area contributed by atoms with Gasteiger partial charge in [0.2, 0.25) is 0 Å². The number of nitrogens with zero attached hydrogens (tertiary/aromatic N) is 3. The summed E-state index contributed by atoms with van der Waals surface area (Å²) < 4.78 is 1.98. The normalized spacial score (nSPS) is 16.1. The monoisotopic (exact) mass is 194 g/mol. The van der Waals surface area contributed by atoms with Gasteiger partial charge in [-0.05, 0) is 0 Å². The maximum atomic E-state index is 11.2. The molecule has 1 aromatic heterocycles. The number of carbonyl (C=O) groups is 1. The smallest absolute Gasteiger partial charge is 0.317 e. The molecule has 0 atom stereocenters. The van der Waals surface area contributed by atoms with Crippen molar-refractivity contribution < 1.29 is 4.79 Å². The van der Waals surface area contributed by atoms with Crippen LogP contribution in [0.15, 0.2) is 12.4 Å². The van der Waals surface area contributed by atoms with E-state index < -0.39 is 0 Å². The molecular formula is C9H14N4O. The first-order valence-electron chi connectivity index (χ1n) is 4.76. The summed E-state index contributed by atoms with van der Waals surface area (Å²) in [5.41, 5.74) is 0. The molecule has 1 aliphatic rings. The second kappa shape index (κ2) is 3.69. The van der Waals surface area contributed by atoms with Crippen LogP contribution in [0, 0.1) is 0 Å². The largest absolute Gasteiger partial charge is 0.338 e. The van der Waals surface area contributed by atoms with Gasteiger partial charge in [-0.25, -0.2) is 9.78 Å². The average molecular weight is 194 g/mol. The molecule has 2 heterocycles. The van der Waals surface area contributed by atoms with Crippen molar-refractivity contribution in [3.8, 4) is 0 Å². The number of urea groups is 1. The second-order valence-corrected chi connectivity index (χ2v) is 3.42. The van der Waals surface area contributed by atoms with Gasteiger partial charge in [0.05, 0.1) is 0 Å². The van der Waals surface area contributed by atoms with E-state index in [2.05, 4.69) is 10.3 Å². The van der Waals surface area contributed by atoms with Gasteiger partial charge in [-0.3, -0.25) is 0 Å². The van der Waals surface area contributed by atoms with Crippen molar-refractivity contribution in [1.29, 1.82) is 0 Å². The van der Waals surface area contributed by atoms with Crippen molar-refractivity contribution in [2.24, 2.45) is 7.05 Å². The molecule has 1 N–H and O–H groups in total. The molecule has 0 spiro atoms. The molecule has 76 valence electrons. The molecule has 5 heteroatoms. The first-order chi connectivity index (χ1) is 6.77. The molecule has 0 aliphatic carbocycles. The maximum Gasteiger partial charge on any atom is 0.317 e. The summed E-state index contributed by atoms with van der Waals surface area (Å²) in [5, 5.41) is 2.77. The molecule has 14 heavy (non-hydrogen) atoms. The molecule has 0 radical (unpaired) electrons. The Labute approximate surface area is 82.7 Å². The van der Waals surface area contributed by atoms with E-state index in [1.165, 1.54) is 0 Å². The Morgan fingerprint density at radius 1 is 1.64 bits per heavy atom. The number of hydrogen-bond donors (Lipinski definition) is 1. The molecule has 1 saturated heterocycles. The van der Waals surface area contributed by atoms with E-state index in [-0.39, 0.29) is 6.03 Å². The number of imidazole rings is 1. The van der Waals surface area contributed by atoms with Gasteiger partial charge in [-0.1, -0.05) is 0 Å². The lowest BCUT2D eigenvalue weighted by Crippen LogP contribution is -2.30. The first kappa shape index (κ1) is 9.05. The van der Waals surface area contributed by atoms with Gasteiger partial charge in [-0.2, -0.15) is 0 Å². The Bertz CT molecular complexity index is 333. The van der Waals surface area contributed by atoms with Gasteiger partial charge >= 0.3 is 6.03 Å². The van der Waals surface area contributed by atoms with Crippen molar-refractivity contribution in [3.63, 3.8) is 0 Å². The lowest BCUT2D eigenvalue weighted by Gasteiger charge is -2.13. The molecule has 0 saturated carbocycles. The van der Waals surface area contributed by atoms with Crippen LogP contribution in [0.3, 0.4) is 0 Å². The lowest BCUT2D eigenvalue weighted by molar-refractivity contribution is 0.217. The van der Waals surface area contributed by atoms with Gasteiger partial charge in [0.1, 0.15) is 5.82 Å². The summed E-state index contributed by atoms with van der Waals surface area (Å²) in [6, 6.07) is 0.0409. The van der Waals surface area contributed by atoms with Crippen LogP contribution in [0.25, 0.3) is 0 Å². The number of amides is 2. The third-order valence-corrected chi connectivity index (χ3v) is 2.47. The van der Waals surface area contributed by atoms with Crippen LogP contribution >= 0.6 is 0 Å². The highest BCUT2D eigenvalue weighted by molar-refractivity contribution is 5.76.